The molecule has 0 saturated carbocycles. The summed E-state index contributed by atoms with van der Waals surface area (Å²) in [6.45, 7) is 1.35. The Morgan fingerprint density at radius 2 is 1.84 bits per heavy atom. The highest BCUT2D eigenvalue weighted by Crippen LogP contribution is 2.33. The van der Waals surface area contributed by atoms with Gasteiger partial charge in [0, 0.05) is 15.2 Å². The molecule has 0 aliphatic carbocycles. The smallest absolute Gasteiger partial charge is 0.337 e. The largest absolute Gasteiger partial charge is 0.478 e. The van der Waals surface area contributed by atoms with Gasteiger partial charge >= 0.3 is 5.97 Å². The predicted octanol–water partition coefficient (Wildman–Crippen LogP) is 4.25. The van der Waals surface area contributed by atoms with E-state index in [0.717, 1.165) is 21.1 Å². The number of nitrogens with one attached hydrogen (secondary N) is 1. The third kappa shape index (κ3) is 4.37. The average molecular weight is 452 g/mol. The Labute approximate surface area is 185 Å². The van der Waals surface area contributed by atoms with Gasteiger partial charge in [-0.2, -0.15) is 0 Å². The molecule has 156 valence electrons. The van der Waals surface area contributed by atoms with Gasteiger partial charge in [0.1, 0.15) is 17.2 Å². The van der Waals surface area contributed by atoms with Crippen molar-refractivity contribution in [1.29, 1.82) is 0 Å². The standard InChI is InChI=1S/C22H17N3O4S2/c1-13-23-20-19(15(12-30-20)22(28)29)21(27)25(13)11-18(26)24-16-9-5-6-10-17(16)31-14-7-3-2-4-8-14/h2-10,12H,11H2,1H3,(H,24,26)(H,28,29). The number of anilines is 1. The van der Waals surface area contributed by atoms with Crippen LogP contribution >= 0.6 is 23.1 Å². The molecule has 0 aliphatic heterocycles. The summed E-state index contributed by atoms with van der Waals surface area (Å²) >= 11 is 2.61. The molecular weight excluding hydrogens is 434 g/mol. The highest BCUT2D eigenvalue weighted by atomic mass is 32.2. The summed E-state index contributed by atoms with van der Waals surface area (Å²) in [4.78, 5) is 43.7. The summed E-state index contributed by atoms with van der Waals surface area (Å²) in [6, 6.07) is 17.2. The van der Waals surface area contributed by atoms with E-state index >= 15 is 0 Å². The van der Waals surface area contributed by atoms with Crippen molar-refractivity contribution in [3.05, 3.63) is 81.7 Å². The van der Waals surface area contributed by atoms with E-state index in [1.165, 1.54) is 21.7 Å². The lowest BCUT2D eigenvalue weighted by molar-refractivity contribution is -0.116. The van der Waals surface area contributed by atoms with E-state index in [9.17, 15) is 19.5 Å². The number of aryl methyl sites for hydroxylation is 1. The summed E-state index contributed by atoms with van der Waals surface area (Å²) in [6.07, 6.45) is 0. The number of amides is 1. The molecule has 2 aromatic heterocycles. The molecular formula is C22H17N3O4S2. The van der Waals surface area contributed by atoms with E-state index < -0.39 is 17.4 Å². The summed E-state index contributed by atoms with van der Waals surface area (Å²) in [7, 11) is 0. The first-order chi connectivity index (χ1) is 14.9. The van der Waals surface area contributed by atoms with Gasteiger partial charge in [0.05, 0.1) is 16.6 Å². The van der Waals surface area contributed by atoms with Crippen molar-refractivity contribution in [3.8, 4) is 0 Å². The molecule has 0 radical (unpaired) electrons. The van der Waals surface area contributed by atoms with Crippen LogP contribution in [-0.2, 0) is 11.3 Å². The van der Waals surface area contributed by atoms with Crippen LogP contribution in [0.1, 0.15) is 16.2 Å². The minimum atomic E-state index is -1.20. The van der Waals surface area contributed by atoms with E-state index in [4.69, 9.17) is 0 Å². The first kappa shape index (κ1) is 20.8. The predicted molar refractivity (Wildman–Crippen MR) is 121 cm³/mol. The number of carboxylic acids is 1. The molecule has 0 bridgehead atoms. The number of fused-ring (bicyclic) bond motifs is 1. The first-order valence-corrected chi connectivity index (χ1v) is 11.0. The lowest BCUT2D eigenvalue weighted by Gasteiger charge is -2.13. The number of rotatable bonds is 6. The molecule has 7 nitrogen and oxygen atoms in total. The average Bonchev–Trinajstić information content (AvgIpc) is 3.17. The van der Waals surface area contributed by atoms with E-state index in [0.29, 0.717) is 16.3 Å². The highest BCUT2D eigenvalue weighted by molar-refractivity contribution is 7.99. The summed E-state index contributed by atoms with van der Waals surface area (Å²) in [5.41, 5.74) is -0.0117. The van der Waals surface area contributed by atoms with Crippen molar-refractivity contribution in [3.63, 3.8) is 0 Å². The molecule has 0 atom stereocenters. The number of carbonyl (C=O) groups excluding carboxylic acids is 1. The van der Waals surface area contributed by atoms with E-state index in [2.05, 4.69) is 10.3 Å². The third-order valence-electron chi connectivity index (χ3n) is 4.55. The Morgan fingerprint density at radius 3 is 2.58 bits per heavy atom. The van der Waals surface area contributed by atoms with Crippen LogP contribution in [0, 0.1) is 6.92 Å². The normalized spacial score (nSPS) is 10.9. The van der Waals surface area contributed by atoms with Gasteiger partial charge in [-0.05, 0) is 31.2 Å². The van der Waals surface area contributed by atoms with Crippen molar-refractivity contribution < 1.29 is 14.7 Å². The van der Waals surface area contributed by atoms with Crippen LogP contribution in [0.4, 0.5) is 5.69 Å². The Balaban J connectivity index is 1.60. The molecule has 9 heteroatoms. The Bertz CT molecular complexity index is 1350. The molecule has 0 aliphatic rings. The van der Waals surface area contributed by atoms with Crippen LogP contribution in [-0.4, -0.2) is 26.5 Å². The zero-order valence-corrected chi connectivity index (χ0v) is 18.0. The second kappa shape index (κ2) is 8.75. The van der Waals surface area contributed by atoms with Gasteiger partial charge in [-0.1, -0.05) is 42.1 Å². The number of carbonyl (C=O) groups is 2. The Morgan fingerprint density at radius 1 is 1.13 bits per heavy atom. The van der Waals surface area contributed by atoms with Crippen molar-refractivity contribution >= 4 is 50.9 Å². The molecule has 4 aromatic rings. The molecule has 0 saturated heterocycles. The van der Waals surface area contributed by atoms with E-state index in [1.807, 2.05) is 48.5 Å². The topological polar surface area (TPSA) is 101 Å². The minimum absolute atomic E-state index is 0.0240. The van der Waals surface area contributed by atoms with Crippen LogP contribution in [0.5, 0.6) is 0 Å². The fourth-order valence-electron chi connectivity index (χ4n) is 3.08. The molecule has 31 heavy (non-hydrogen) atoms. The maximum atomic E-state index is 12.9. The quantitative estimate of drug-likeness (QED) is 0.454. The summed E-state index contributed by atoms with van der Waals surface area (Å²) in [5, 5.41) is 13.6. The van der Waals surface area contributed by atoms with Gasteiger partial charge in [-0.15, -0.1) is 11.3 Å². The van der Waals surface area contributed by atoms with Crippen LogP contribution in [0.3, 0.4) is 0 Å². The third-order valence-corrected chi connectivity index (χ3v) is 6.50. The molecule has 0 unspecified atom stereocenters. The van der Waals surface area contributed by atoms with Gasteiger partial charge in [0.15, 0.2) is 0 Å². The Hall–Kier alpha value is -3.43. The summed E-state index contributed by atoms with van der Waals surface area (Å²) < 4.78 is 1.20. The van der Waals surface area contributed by atoms with Crippen LogP contribution in [0.25, 0.3) is 10.2 Å². The van der Waals surface area contributed by atoms with Crippen LogP contribution < -0.4 is 10.9 Å². The number of benzene rings is 2. The molecule has 0 fully saturated rings. The number of hydrogen-bond donors (Lipinski definition) is 2. The molecule has 2 heterocycles. The zero-order chi connectivity index (χ0) is 22.0. The minimum Gasteiger partial charge on any atom is -0.478 e. The maximum absolute atomic E-state index is 12.9. The fourth-order valence-corrected chi connectivity index (χ4v) is 4.95. The molecule has 2 aromatic carbocycles. The maximum Gasteiger partial charge on any atom is 0.337 e. The first-order valence-electron chi connectivity index (χ1n) is 9.27. The van der Waals surface area contributed by atoms with Gasteiger partial charge in [0.2, 0.25) is 5.91 Å². The zero-order valence-electron chi connectivity index (χ0n) is 16.4. The number of thiophene rings is 1. The number of aromatic carboxylic acids is 1. The second-order valence-electron chi connectivity index (χ2n) is 6.64. The number of nitrogens with zero attached hydrogens (tertiary/aromatic N) is 2. The van der Waals surface area contributed by atoms with Gasteiger partial charge in [-0.25, -0.2) is 9.78 Å². The second-order valence-corrected chi connectivity index (χ2v) is 8.62. The molecule has 4 rings (SSSR count). The van der Waals surface area contributed by atoms with Crippen molar-refractivity contribution in [2.24, 2.45) is 0 Å². The number of aromatic nitrogens is 2. The van der Waals surface area contributed by atoms with Crippen LogP contribution in [0.2, 0.25) is 0 Å². The van der Waals surface area contributed by atoms with Crippen molar-refractivity contribution in [2.75, 3.05) is 5.32 Å². The van der Waals surface area contributed by atoms with E-state index in [1.54, 1.807) is 13.0 Å². The lowest BCUT2D eigenvalue weighted by Crippen LogP contribution is -2.30. The number of hydrogen-bond acceptors (Lipinski definition) is 6. The van der Waals surface area contributed by atoms with E-state index in [-0.39, 0.29) is 17.5 Å². The van der Waals surface area contributed by atoms with Gasteiger partial charge in [-0.3, -0.25) is 14.2 Å². The monoisotopic (exact) mass is 451 g/mol. The highest BCUT2D eigenvalue weighted by Gasteiger charge is 2.19. The van der Waals surface area contributed by atoms with Gasteiger partial charge in [0.25, 0.3) is 5.56 Å². The Kier molecular flexibility index (Phi) is 5.88. The fraction of sp³-hybridized carbons (Fsp3) is 0.0909. The molecule has 0 spiro atoms. The summed E-state index contributed by atoms with van der Waals surface area (Å²) in [5.74, 6) is -1.25. The number of para-hydroxylation sites is 1. The SMILES string of the molecule is Cc1nc2scc(C(=O)O)c2c(=O)n1CC(=O)Nc1ccccc1Sc1ccccc1. The lowest BCUT2D eigenvalue weighted by atomic mass is 10.2. The number of carboxylic acid groups (broad SMARTS) is 1. The van der Waals surface area contributed by atoms with Crippen molar-refractivity contribution in [1.82, 2.24) is 9.55 Å². The van der Waals surface area contributed by atoms with Crippen LogP contribution in [0.15, 0.2) is 74.6 Å². The van der Waals surface area contributed by atoms with Gasteiger partial charge < -0.3 is 10.4 Å². The molecule has 1 amide bonds. The van der Waals surface area contributed by atoms with Crippen molar-refractivity contribution in [2.45, 2.75) is 23.3 Å². The molecule has 2 N–H and O–H groups in total.